The maximum Gasteiger partial charge on any atom is 0.199 e. The first-order chi connectivity index (χ1) is 34.7. The zero-order valence-corrected chi connectivity index (χ0v) is 44.9. The lowest BCUT2D eigenvalue weighted by atomic mass is 9.59. The van der Waals surface area contributed by atoms with Crippen LogP contribution in [0, 0.1) is 11.3 Å². The van der Waals surface area contributed by atoms with Crippen LogP contribution in [0.4, 0.5) is 0 Å². The van der Waals surface area contributed by atoms with Crippen molar-refractivity contribution in [3.63, 3.8) is 0 Å². The van der Waals surface area contributed by atoms with Crippen LogP contribution in [0.3, 0.4) is 0 Å². The average Bonchev–Trinajstić information content (AvgIpc) is 3.42. The summed E-state index contributed by atoms with van der Waals surface area (Å²) in [6, 6.07) is 35.1. The summed E-state index contributed by atoms with van der Waals surface area (Å²) in [6.07, 6.45) is 21.9. The molecule has 4 saturated heterocycles. The van der Waals surface area contributed by atoms with Gasteiger partial charge >= 0.3 is 0 Å². The van der Waals surface area contributed by atoms with Crippen molar-refractivity contribution in [3.8, 4) is 23.0 Å². The molecule has 4 aromatic rings. The molecule has 0 amide bonds. The van der Waals surface area contributed by atoms with Gasteiger partial charge in [0.05, 0.1) is 26.4 Å². The van der Waals surface area contributed by atoms with Gasteiger partial charge in [0.25, 0.3) is 0 Å². The minimum Gasteiger partial charge on any atom is -0.465 e. The molecule has 8 heteroatoms. The second-order valence-electron chi connectivity index (χ2n) is 21.5. The maximum absolute atomic E-state index is 6.29. The number of rotatable bonds is 16. The third-order valence-corrected chi connectivity index (χ3v) is 15.9. The van der Waals surface area contributed by atoms with E-state index in [4.69, 9.17) is 37.9 Å². The van der Waals surface area contributed by atoms with E-state index in [-0.39, 0.29) is 36.0 Å². The van der Waals surface area contributed by atoms with Crippen LogP contribution in [0.5, 0.6) is 23.0 Å². The van der Waals surface area contributed by atoms with Crippen molar-refractivity contribution in [2.45, 2.75) is 213 Å². The van der Waals surface area contributed by atoms with Crippen LogP contribution in [-0.4, -0.2) is 51.6 Å². The van der Waals surface area contributed by atoms with E-state index in [2.05, 4.69) is 132 Å². The van der Waals surface area contributed by atoms with E-state index >= 15 is 0 Å². The lowest BCUT2D eigenvalue weighted by molar-refractivity contribution is -0.106. The Labute approximate surface area is 429 Å². The van der Waals surface area contributed by atoms with E-state index in [1.54, 1.807) is 0 Å². The predicted molar refractivity (Wildman–Crippen MR) is 287 cm³/mol. The Morgan fingerprint density at radius 3 is 1.25 bits per heavy atom. The Kier molecular flexibility index (Phi) is 21.0. The smallest absolute Gasteiger partial charge is 0.199 e. The lowest BCUT2D eigenvalue weighted by Gasteiger charge is -2.45. The van der Waals surface area contributed by atoms with Crippen molar-refractivity contribution < 1.29 is 37.9 Å². The fourth-order valence-electron chi connectivity index (χ4n) is 11.5. The highest BCUT2D eigenvalue weighted by Gasteiger charge is 2.42. The van der Waals surface area contributed by atoms with Crippen LogP contribution < -0.4 is 18.9 Å². The molecule has 390 valence electrons. The van der Waals surface area contributed by atoms with Crippen LogP contribution in [-0.2, 0) is 29.8 Å². The highest BCUT2D eigenvalue weighted by atomic mass is 16.7. The zero-order chi connectivity index (χ0) is 49.9. The molecule has 0 aromatic heterocycles. The van der Waals surface area contributed by atoms with Crippen molar-refractivity contribution in [2.75, 3.05) is 26.4 Å². The summed E-state index contributed by atoms with van der Waals surface area (Å²) in [5.74, 6) is 4.35. The highest BCUT2D eigenvalue weighted by molar-refractivity contribution is 5.46. The molecule has 1 saturated carbocycles. The van der Waals surface area contributed by atoms with E-state index in [9.17, 15) is 0 Å². The molecule has 71 heavy (non-hydrogen) atoms. The minimum absolute atomic E-state index is 0.0181. The predicted octanol–water partition coefficient (Wildman–Crippen LogP) is 16.4. The normalized spacial score (nSPS) is 25.7. The Hall–Kier alpha value is -4.08. The van der Waals surface area contributed by atoms with Gasteiger partial charge < -0.3 is 37.9 Å². The number of benzene rings is 4. The van der Waals surface area contributed by atoms with Crippen LogP contribution in [0.15, 0.2) is 97.1 Å². The van der Waals surface area contributed by atoms with Gasteiger partial charge in [0, 0.05) is 36.5 Å². The van der Waals surface area contributed by atoms with Gasteiger partial charge in [-0.2, -0.15) is 0 Å². The summed E-state index contributed by atoms with van der Waals surface area (Å²) < 4.78 is 47.7. The first-order valence-corrected chi connectivity index (χ1v) is 28.2. The average molecular weight is 975 g/mol. The summed E-state index contributed by atoms with van der Waals surface area (Å²) in [5, 5.41) is 0. The molecular formula is C63H90O8. The van der Waals surface area contributed by atoms with Crippen LogP contribution in [0.25, 0.3) is 0 Å². The topological polar surface area (TPSA) is 73.8 Å². The van der Waals surface area contributed by atoms with Crippen molar-refractivity contribution in [2.24, 2.45) is 11.3 Å². The zero-order valence-electron chi connectivity index (χ0n) is 44.9. The molecule has 4 aliphatic heterocycles. The molecule has 8 nitrogen and oxygen atoms in total. The number of unbranched alkanes of at least 4 members (excludes halogenated alkanes) is 1. The number of ether oxygens (including phenoxy) is 8. The molecule has 1 aliphatic carbocycles. The third-order valence-electron chi connectivity index (χ3n) is 15.9. The first kappa shape index (κ1) is 54.7. The monoisotopic (exact) mass is 975 g/mol. The van der Waals surface area contributed by atoms with E-state index in [1.165, 1.54) is 73.6 Å². The first-order valence-electron chi connectivity index (χ1n) is 28.2. The Morgan fingerprint density at radius 2 is 0.887 bits per heavy atom. The SMILES string of the molecule is CC.CC(C)(C)C1CCC(c2ccc(OC3CCCCO3)cc2)(c2cccc(OC3CCCCO3)c2)CC1.CCCCC(CC)(c1ccc(OC2CCCCO2)cc1)c1ccc(OC2CCCCO2)cc1. The van der Waals surface area contributed by atoms with Crippen molar-refractivity contribution in [1.29, 1.82) is 0 Å². The van der Waals surface area contributed by atoms with Gasteiger partial charge in [-0.15, -0.1) is 0 Å². The second-order valence-corrected chi connectivity index (χ2v) is 21.5. The van der Waals surface area contributed by atoms with E-state index in [0.29, 0.717) is 5.41 Å². The Morgan fingerprint density at radius 1 is 0.479 bits per heavy atom. The van der Waals surface area contributed by atoms with Crippen LogP contribution in [0.2, 0.25) is 0 Å². The quantitative estimate of drug-likeness (QED) is 0.110. The van der Waals surface area contributed by atoms with Crippen LogP contribution >= 0.6 is 0 Å². The van der Waals surface area contributed by atoms with Gasteiger partial charge in [0.1, 0.15) is 23.0 Å². The van der Waals surface area contributed by atoms with Crippen molar-refractivity contribution in [1.82, 2.24) is 0 Å². The molecule has 4 atom stereocenters. The number of hydrogen-bond donors (Lipinski definition) is 0. The van der Waals surface area contributed by atoms with E-state index in [0.717, 1.165) is 132 Å². The van der Waals surface area contributed by atoms with E-state index in [1.807, 2.05) is 13.8 Å². The largest absolute Gasteiger partial charge is 0.465 e. The van der Waals surface area contributed by atoms with E-state index < -0.39 is 0 Å². The summed E-state index contributed by atoms with van der Waals surface area (Å²) >= 11 is 0. The third kappa shape index (κ3) is 15.0. The fraction of sp³-hybridized carbons (Fsp3) is 0.619. The van der Waals surface area contributed by atoms with Crippen LogP contribution in [0.1, 0.15) is 199 Å². The fourth-order valence-corrected chi connectivity index (χ4v) is 11.5. The van der Waals surface area contributed by atoms with Gasteiger partial charge in [-0.25, -0.2) is 0 Å². The second kappa shape index (κ2) is 27.3. The molecule has 4 aromatic carbocycles. The summed E-state index contributed by atoms with van der Waals surface area (Å²) in [7, 11) is 0. The van der Waals surface area contributed by atoms with Crippen molar-refractivity contribution in [3.05, 3.63) is 119 Å². The molecule has 5 fully saturated rings. The molecular weight excluding hydrogens is 885 g/mol. The molecule has 9 rings (SSSR count). The lowest BCUT2D eigenvalue weighted by Crippen LogP contribution is -2.36. The van der Waals surface area contributed by atoms with Gasteiger partial charge in [-0.05, 0) is 172 Å². The molecule has 0 bridgehead atoms. The molecule has 4 heterocycles. The van der Waals surface area contributed by atoms with Gasteiger partial charge in [0.15, 0.2) is 25.2 Å². The van der Waals surface area contributed by atoms with Crippen molar-refractivity contribution >= 4 is 0 Å². The molecule has 5 aliphatic rings. The molecule has 4 unspecified atom stereocenters. The molecule has 0 N–H and O–H groups in total. The molecule has 0 radical (unpaired) electrons. The minimum atomic E-state index is -0.125. The Balaban J connectivity index is 0.000000203. The standard InChI is InChI=1S/C32H44O4.C29H40O4.C2H6/c1-31(2,3)24-17-19-32(20-18-24,25-13-15-27(16-14-25)35-29-11-4-6-21-33-29)26-9-8-10-28(23-26)36-30-12-5-7-22-34-30;1-3-5-20-29(4-2,23-12-16-25(17-13-23)32-27-10-6-8-21-30-27)24-14-18-26(19-15-24)33-28-11-7-9-22-31-28;1-2/h8-10,13-16,23-24,29-30H,4-7,11-12,17-22H2,1-3H3;12-19,27-28H,3-11,20-22H2,1-2H3;1-2H3. The summed E-state index contributed by atoms with van der Waals surface area (Å²) in [5.41, 5.74) is 5.72. The summed E-state index contributed by atoms with van der Waals surface area (Å²) in [4.78, 5) is 0. The number of hydrogen-bond acceptors (Lipinski definition) is 8. The van der Waals surface area contributed by atoms with Gasteiger partial charge in [-0.1, -0.05) is 110 Å². The van der Waals surface area contributed by atoms with Gasteiger partial charge in [0.2, 0.25) is 0 Å². The highest BCUT2D eigenvalue weighted by Crippen LogP contribution is 2.51. The molecule has 0 spiro atoms. The maximum atomic E-state index is 6.29. The Bertz CT molecular complexity index is 2010. The summed E-state index contributed by atoms with van der Waals surface area (Å²) in [6.45, 7) is 18.9. The van der Waals surface area contributed by atoms with Gasteiger partial charge in [-0.3, -0.25) is 0 Å².